The summed E-state index contributed by atoms with van der Waals surface area (Å²) in [4.78, 5) is 1.42. The molecule has 0 atom stereocenters. The van der Waals surface area contributed by atoms with Gasteiger partial charge in [0.2, 0.25) is 0 Å². The highest BCUT2D eigenvalue weighted by Gasteiger charge is 2.10. The molecule has 1 heterocycles. The Morgan fingerprint density at radius 3 is 3.25 bits per heavy atom. The van der Waals surface area contributed by atoms with Gasteiger partial charge >= 0.3 is 0 Å². The van der Waals surface area contributed by atoms with Gasteiger partial charge in [-0.1, -0.05) is 19.1 Å². The fourth-order valence-corrected chi connectivity index (χ4v) is 2.48. The maximum Gasteiger partial charge on any atom is 0.0511 e. The van der Waals surface area contributed by atoms with Crippen LogP contribution in [0.1, 0.15) is 12.5 Å². The Kier molecular flexibility index (Phi) is 2.26. The Bertz CT molecular complexity index is 269. The average Bonchev–Trinajstić information content (AvgIpc) is 2.17. The second-order valence-electron chi connectivity index (χ2n) is 2.92. The number of anilines is 1. The third-order valence-electron chi connectivity index (χ3n) is 2.15. The average molecular weight is 179 g/mol. The van der Waals surface area contributed by atoms with Crippen molar-refractivity contribution >= 4 is 17.4 Å². The molecule has 2 rings (SSSR count). The molecule has 0 aromatic heterocycles. The largest absolute Gasteiger partial charge is 0.383 e. The lowest BCUT2D eigenvalue weighted by atomic mass is 10.1. The van der Waals surface area contributed by atoms with E-state index in [4.69, 9.17) is 0 Å². The van der Waals surface area contributed by atoms with Gasteiger partial charge < -0.3 is 5.32 Å². The molecule has 0 bridgehead atoms. The van der Waals surface area contributed by atoms with Crippen molar-refractivity contribution in [3.63, 3.8) is 0 Å². The van der Waals surface area contributed by atoms with Crippen LogP contribution in [0.2, 0.25) is 0 Å². The minimum absolute atomic E-state index is 1.11. The van der Waals surface area contributed by atoms with Crippen molar-refractivity contribution < 1.29 is 0 Å². The van der Waals surface area contributed by atoms with Gasteiger partial charge in [-0.3, -0.25) is 0 Å². The highest BCUT2D eigenvalue weighted by Crippen LogP contribution is 2.33. The second kappa shape index (κ2) is 3.40. The SMILES string of the molecule is CCc1cccc2c1NCCS2. The van der Waals surface area contributed by atoms with Crippen molar-refractivity contribution in [3.8, 4) is 0 Å². The summed E-state index contributed by atoms with van der Waals surface area (Å²) in [6.07, 6.45) is 1.12. The number of para-hydroxylation sites is 1. The van der Waals surface area contributed by atoms with E-state index in [9.17, 15) is 0 Å². The number of hydrogen-bond donors (Lipinski definition) is 1. The third-order valence-corrected chi connectivity index (χ3v) is 3.21. The summed E-state index contributed by atoms with van der Waals surface area (Å²) in [6.45, 7) is 3.31. The van der Waals surface area contributed by atoms with E-state index in [-0.39, 0.29) is 0 Å². The molecule has 0 fully saturated rings. The minimum atomic E-state index is 1.11. The molecule has 0 radical (unpaired) electrons. The highest BCUT2D eigenvalue weighted by molar-refractivity contribution is 7.99. The number of aryl methyl sites for hydroxylation is 1. The van der Waals surface area contributed by atoms with Gasteiger partial charge in [-0.2, -0.15) is 0 Å². The molecule has 1 aliphatic heterocycles. The van der Waals surface area contributed by atoms with Crippen LogP contribution >= 0.6 is 11.8 Å². The predicted octanol–water partition coefficient (Wildman–Crippen LogP) is 2.77. The Balaban J connectivity index is 2.44. The number of nitrogens with one attached hydrogen (secondary N) is 1. The summed E-state index contributed by atoms with van der Waals surface area (Å²) in [5.74, 6) is 1.19. The first-order valence-corrected chi connectivity index (χ1v) is 5.39. The van der Waals surface area contributed by atoms with Crippen LogP contribution in [-0.2, 0) is 6.42 Å². The smallest absolute Gasteiger partial charge is 0.0511 e. The molecule has 1 N–H and O–H groups in total. The first kappa shape index (κ1) is 7.99. The van der Waals surface area contributed by atoms with Gasteiger partial charge in [0, 0.05) is 17.2 Å². The number of thioether (sulfide) groups is 1. The molecule has 0 amide bonds. The number of fused-ring (bicyclic) bond motifs is 1. The standard InChI is InChI=1S/C10H13NS/c1-2-8-4-3-5-9-10(8)11-6-7-12-9/h3-5,11H,2,6-7H2,1H3. The first-order chi connectivity index (χ1) is 5.92. The van der Waals surface area contributed by atoms with Gasteiger partial charge in [-0.05, 0) is 18.1 Å². The van der Waals surface area contributed by atoms with Crippen molar-refractivity contribution in [1.82, 2.24) is 0 Å². The zero-order chi connectivity index (χ0) is 8.39. The van der Waals surface area contributed by atoms with Crippen LogP contribution in [0.25, 0.3) is 0 Å². The molecule has 64 valence electrons. The van der Waals surface area contributed by atoms with Gasteiger partial charge in [0.25, 0.3) is 0 Å². The fraction of sp³-hybridized carbons (Fsp3) is 0.400. The Morgan fingerprint density at radius 1 is 1.50 bits per heavy atom. The third kappa shape index (κ3) is 1.31. The summed E-state index contributed by atoms with van der Waals surface area (Å²) < 4.78 is 0. The quantitative estimate of drug-likeness (QED) is 0.711. The van der Waals surface area contributed by atoms with Gasteiger partial charge in [-0.25, -0.2) is 0 Å². The molecule has 0 saturated carbocycles. The van der Waals surface area contributed by atoms with Gasteiger partial charge in [0.15, 0.2) is 0 Å². The van der Waals surface area contributed by atoms with Crippen LogP contribution in [0.4, 0.5) is 5.69 Å². The van der Waals surface area contributed by atoms with Crippen LogP contribution in [0.5, 0.6) is 0 Å². The maximum atomic E-state index is 3.46. The Morgan fingerprint density at radius 2 is 2.42 bits per heavy atom. The normalized spacial score (nSPS) is 15.1. The number of benzene rings is 1. The van der Waals surface area contributed by atoms with E-state index in [1.165, 1.54) is 21.9 Å². The summed E-state index contributed by atoms with van der Waals surface area (Å²) >= 11 is 1.96. The monoisotopic (exact) mass is 179 g/mol. The van der Waals surface area contributed by atoms with Gasteiger partial charge in [0.1, 0.15) is 0 Å². The van der Waals surface area contributed by atoms with Crippen LogP contribution in [0, 0.1) is 0 Å². The molecular weight excluding hydrogens is 166 g/mol. The lowest BCUT2D eigenvalue weighted by Gasteiger charge is -2.19. The van der Waals surface area contributed by atoms with Crippen molar-refractivity contribution in [2.24, 2.45) is 0 Å². The van der Waals surface area contributed by atoms with E-state index < -0.39 is 0 Å². The molecule has 0 aliphatic carbocycles. The maximum absolute atomic E-state index is 3.46. The van der Waals surface area contributed by atoms with Gasteiger partial charge in [0.05, 0.1) is 5.69 Å². The topological polar surface area (TPSA) is 12.0 Å². The van der Waals surface area contributed by atoms with Crippen molar-refractivity contribution in [2.45, 2.75) is 18.2 Å². The molecular formula is C10H13NS. The van der Waals surface area contributed by atoms with E-state index >= 15 is 0 Å². The lowest BCUT2D eigenvalue weighted by molar-refractivity contribution is 1.08. The second-order valence-corrected chi connectivity index (χ2v) is 4.06. The van der Waals surface area contributed by atoms with E-state index in [1.807, 2.05) is 11.8 Å². The van der Waals surface area contributed by atoms with Crippen LogP contribution in [0.15, 0.2) is 23.1 Å². The molecule has 1 aliphatic rings. The summed E-state index contributed by atoms with van der Waals surface area (Å²) in [7, 11) is 0. The van der Waals surface area contributed by atoms with Crippen molar-refractivity contribution in [1.29, 1.82) is 0 Å². The van der Waals surface area contributed by atoms with Gasteiger partial charge in [-0.15, -0.1) is 11.8 Å². The minimum Gasteiger partial charge on any atom is -0.383 e. The number of rotatable bonds is 1. The highest BCUT2D eigenvalue weighted by atomic mass is 32.2. The van der Waals surface area contributed by atoms with E-state index in [0.29, 0.717) is 0 Å². The molecule has 0 unspecified atom stereocenters. The molecule has 0 spiro atoms. The summed E-state index contributed by atoms with van der Waals surface area (Å²) in [5.41, 5.74) is 2.82. The fourth-order valence-electron chi connectivity index (χ4n) is 1.53. The van der Waals surface area contributed by atoms with Crippen LogP contribution in [0.3, 0.4) is 0 Å². The van der Waals surface area contributed by atoms with E-state index in [2.05, 4.69) is 30.4 Å². The van der Waals surface area contributed by atoms with E-state index in [0.717, 1.165) is 13.0 Å². The predicted molar refractivity (Wildman–Crippen MR) is 55.0 cm³/mol. The molecule has 2 heteroatoms. The van der Waals surface area contributed by atoms with Crippen LogP contribution < -0.4 is 5.32 Å². The molecule has 1 aromatic rings. The Labute approximate surface area is 77.6 Å². The summed E-state index contributed by atoms with van der Waals surface area (Å²) in [5, 5.41) is 3.46. The summed E-state index contributed by atoms with van der Waals surface area (Å²) in [6, 6.07) is 6.56. The Hall–Kier alpha value is -0.630. The molecule has 12 heavy (non-hydrogen) atoms. The zero-order valence-corrected chi connectivity index (χ0v) is 8.08. The molecule has 0 saturated heterocycles. The van der Waals surface area contributed by atoms with Crippen molar-refractivity contribution in [3.05, 3.63) is 23.8 Å². The lowest BCUT2D eigenvalue weighted by Crippen LogP contribution is -2.11. The van der Waals surface area contributed by atoms with E-state index in [1.54, 1.807) is 0 Å². The first-order valence-electron chi connectivity index (χ1n) is 4.40. The zero-order valence-electron chi connectivity index (χ0n) is 7.26. The molecule has 1 nitrogen and oxygen atoms in total. The van der Waals surface area contributed by atoms with Crippen molar-refractivity contribution in [2.75, 3.05) is 17.6 Å². The molecule has 1 aromatic carbocycles. The number of hydrogen-bond acceptors (Lipinski definition) is 2. The van der Waals surface area contributed by atoms with Crippen LogP contribution in [-0.4, -0.2) is 12.3 Å².